The molecule has 35 heavy (non-hydrogen) atoms. The minimum atomic E-state index is -3.17. The van der Waals surface area contributed by atoms with Crippen molar-refractivity contribution >= 4 is 47.1 Å². The summed E-state index contributed by atoms with van der Waals surface area (Å²) >= 11 is 0. The molecule has 1 unspecified atom stereocenters. The first-order valence-electron chi connectivity index (χ1n) is 10.7. The van der Waals surface area contributed by atoms with Gasteiger partial charge in [0.25, 0.3) is 5.41 Å². The highest BCUT2D eigenvalue weighted by molar-refractivity contribution is 7.96. The van der Waals surface area contributed by atoms with E-state index in [0.29, 0.717) is 15.9 Å². The zero-order valence-corrected chi connectivity index (χ0v) is 19.4. The number of carboxylic acids is 4. The standard InChI is InChI=1S/C26H23O8P/c27-22(28)21(16-17-26(23(29)30,24(31)32)25(33)34)35(18-10-4-1-5-11-18,19-12-6-2-7-13-19)20-14-8-3-9-15-20/h1-15,21H,16-17H2,(H3-,27,28,29,30,31,32,33,34)/p+1. The lowest BCUT2D eigenvalue weighted by Crippen LogP contribution is -2.48. The van der Waals surface area contributed by atoms with Crippen molar-refractivity contribution in [3.05, 3.63) is 91.0 Å². The van der Waals surface area contributed by atoms with Crippen molar-refractivity contribution < 1.29 is 39.6 Å². The van der Waals surface area contributed by atoms with Crippen LogP contribution in [0.15, 0.2) is 91.0 Å². The summed E-state index contributed by atoms with van der Waals surface area (Å²) in [6.45, 7) is 0. The summed E-state index contributed by atoms with van der Waals surface area (Å²) in [5.41, 5.74) is -4.47. The first-order chi connectivity index (χ1) is 16.7. The molecule has 0 saturated carbocycles. The van der Waals surface area contributed by atoms with Gasteiger partial charge in [0.1, 0.15) is 23.2 Å². The highest BCUT2D eigenvalue weighted by Crippen LogP contribution is 2.61. The molecule has 3 rings (SSSR count). The van der Waals surface area contributed by atoms with Crippen molar-refractivity contribution in [1.82, 2.24) is 0 Å². The van der Waals surface area contributed by atoms with Crippen LogP contribution in [0.1, 0.15) is 12.8 Å². The minimum Gasteiger partial charge on any atom is -0.480 e. The van der Waals surface area contributed by atoms with E-state index < -0.39 is 55.1 Å². The molecule has 0 heterocycles. The van der Waals surface area contributed by atoms with E-state index in [1.165, 1.54) is 0 Å². The van der Waals surface area contributed by atoms with Gasteiger partial charge in [0.05, 0.1) is 0 Å². The molecule has 0 radical (unpaired) electrons. The summed E-state index contributed by atoms with van der Waals surface area (Å²) in [7, 11) is -3.07. The van der Waals surface area contributed by atoms with E-state index in [1.807, 2.05) is 0 Å². The van der Waals surface area contributed by atoms with Crippen LogP contribution in [0.5, 0.6) is 0 Å². The highest BCUT2D eigenvalue weighted by atomic mass is 31.2. The minimum absolute atomic E-state index is 0.493. The van der Waals surface area contributed by atoms with Crippen LogP contribution >= 0.6 is 7.26 Å². The summed E-state index contributed by atoms with van der Waals surface area (Å²) in [5.74, 6) is -7.43. The highest BCUT2D eigenvalue weighted by Gasteiger charge is 2.60. The molecular weight excluding hydrogens is 471 g/mol. The molecule has 3 aromatic carbocycles. The van der Waals surface area contributed by atoms with Gasteiger partial charge in [-0.3, -0.25) is 14.4 Å². The van der Waals surface area contributed by atoms with Gasteiger partial charge in [0.2, 0.25) is 0 Å². The first kappa shape index (κ1) is 25.6. The SMILES string of the molecule is O=C(O)C(CCC(C(=O)O)(C(=O)O)C(=O)O)[P+](c1ccccc1)(c1ccccc1)c1ccccc1. The first-order valence-corrected chi connectivity index (χ1v) is 12.5. The van der Waals surface area contributed by atoms with Gasteiger partial charge in [-0.15, -0.1) is 0 Å². The Morgan fingerprint density at radius 3 is 1.17 bits per heavy atom. The molecule has 0 fully saturated rings. The van der Waals surface area contributed by atoms with Crippen LogP contribution in [0.25, 0.3) is 0 Å². The van der Waals surface area contributed by atoms with Gasteiger partial charge in [-0.25, -0.2) is 4.79 Å². The van der Waals surface area contributed by atoms with Crippen molar-refractivity contribution in [2.75, 3.05) is 0 Å². The third-order valence-electron chi connectivity index (χ3n) is 6.13. The molecule has 0 bridgehead atoms. The lowest BCUT2D eigenvalue weighted by molar-refractivity contribution is -0.176. The second-order valence-electron chi connectivity index (χ2n) is 7.94. The number of hydrogen-bond acceptors (Lipinski definition) is 4. The predicted molar refractivity (Wildman–Crippen MR) is 131 cm³/mol. The number of rotatable bonds is 11. The molecule has 180 valence electrons. The Labute approximate surface area is 201 Å². The largest absolute Gasteiger partial charge is 0.480 e. The molecule has 0 aliphatic heterocycles. The summed E-state index contributed by atoms with van der Waals surface area (Å²) in [4.78, 5) is 48.4. The van der Waals surface area contributed by atoms with Gasteiger partial charge < -0.3 is 20.4 Å². The van der Waals surface area contributed by atoms with Crippen LogP contribution in [0.2, 0.25) is 0 Å². The Morgan fingerprint density at radius 2 is 0.914 bits per heavy atom. The van der Waals surface area contributed by atoms with Crippen LogP contribution in [0.3, 0.4) is 0 Å². The van der Waals surface area contributed by atoms with Crippen LogP contribution in [0, 0.1) is 5.41 Å². The fourth-order valence-corrected chi connectivity index (χ4v) is 9.16. The van der Waals surface area contributed by atoms with Crippen LogP contribution < -0.4 is 15.9 Å². The van der Waals surface area contributed by atoms with Crippen molar-refractivity contribution in [2.45, 2.75) is 18.5 Å². The number of benzene rings is 3. The molecule has 0 aromatic heterocycles. The fraction of sp³-hybridized carbons (Fsp3) is 0.154. The van der Waals surface area contributed by atoms with E-state index in [1.54, 1.807) is 91.0 Å². The second-order valence-corrected chi connectivity index (χ2v) is 11.6. The van der Waals surface area contributed by atoms with E-state index in [4.69, 9.17) is 0 Å². The van der Waals surface area contributed by atoms with Gasteiger partial charge in [0.15, 0.2) is 5.66 Å². The predicted octanol–water partition coefficient (Wildman–Crippen LogP) is 2.45. The Bertz CT molecular complexity index is 1080. The molecule has 8 nitrogen and oxygen atoms in total. The number of aliphatic carboxylic acids is 4. The maximum Gasteiger partial charge on any atom is 0.345 e. The number of hydrogen-bond donors (Lipinski definition) is 4. The van der Waals surface area contributed by atoms with Crippen molar-refractivity contribution in [3.63, 3.8) is 0 Å². The van der Waals surface area contributed by atoms with E-state index in [0.717, 1.165) is 0 Å². The summed E-state index contributed by atoms with van der Waals surface area (Å²) in [6.07, 6.45) is -1.40. The van der Waals surface area contributed by atoms with E-state index in [-0.39, 0.29) is 0 Å². The Balaban J connectivity index is 2.32. The van der Waals surface area contributed by atoms with E-state index >= 15 is 0 Å². The van der Waals surface area contributed by atoms with Crippen molar-refractivity contribution in [1.29, 1.82) is 0 Å². The summed E-state index contributed by atoms with van der Waals surface area (Å²) < 4.78 is 0. The van der Waals surface area contributed by atoms with Crippen LogP contribution in [-0.2, 0) is 19.2 Å². The second kappa shape index (κ2) is 10.5. The van der Waals surface area contributed by atoms with E-state index in [9.17, 15) is 39.6 Å². The zero-order chi connectivity index (χ0) is 25.6. The molecule has 4 N–H and O–H groups in total. The molecule has 0 amide bonds. The average molecular weight is 495 g/mol. The smallest absolute Gasteiger partial charge is 0.345 e. The maximum absolute atomic E-state index is 12.9. The normalized spacial score (nSPS) is 12.5. The number of carboxylic acid groups (broad SMARTS) is 4. The van der Waals surface area contributed by atoms with Gasteiger partial charge in [-0.1, -0.05) is 54.6 Å². The Hall–Kier alpha value is -4.03. The van der Waals surface area contributed by atoms with Gasteiger partial charge in [0, 0.05) is 0 Å². The molecule has 3 aromatic rings. The molecule has 0 spiro atoms. The molecule has 1 atom stereocenters. The summed E-state index contributed by atoms with van der Waals surface area (Å²) in [5, 5.41) is 41.3. The zero-order valence-electron chi connectivity index (χ0n) is 18.5. The molecule has 9 heteroatoms. The molecule has 0 aliphatic carbocycles. The van der Waals surface area contributed by atoms with E-state index in [2.05, 4.69) is 0 Å². The quantitative estimate of drug-likeness (QED) is 0.234. The molecular formula is C26H24O8P+. The summed E-state index contributed by atoms with van der Waals surface area (Å²) in [6, 6.07) is 26.7. The fourth-order valence-electron chi connectivity index (χ4n) is 4.41. The Kier molecular flexibility index (Phi) is 7.67. The van der Waals surface area contributed by atoms with Gasteiger partial charge in [-0.2, -0.15) is 0 Å². The topological polar surface area (TPSA) is 149 Å². The number of carbonyl (C=O) groups is 4. The van der Waals surface area contributed by atoms with Crippen molar-refractivity contribution in [2.24, 2.45) is 5.41 Å². The van der Waals surface area contributed by atoms with Crippen LogP contribution in [0.4, 0.5) is 0 Å². The average Bonchev–Trinajstić information content (AvgIpc) is 2.85. The molecule has 0 saturated heterocycles. The third-order valence-corrected chi connectivity index (χ3v) is 10.9. The Morgan fingerprint density at radius 1 is 0.600 bits per heavy atom. The molecule has 0 aliphatic rings. The lowest BCUT2D eigenvalue weighted by atomic mass is 9.82. The maximum atomic E-state index is 12.9. The van der Waals surface area contributed by atoms with Gasteiger partial charge >= 0.3 is 23.9 Å². The third kappa shape index (κ3) is 4.53. The lowest BCUT2D eigenvalue weighted by Gasteiger charge is -2.33. The van der Waals surface area contributed by atoms with Crippen molar-refractivity contribution in [3.8, 4) is 0 Å². The van der Waals surface area contributed by atoms with Gasteiger partial charge in [-0.05, 0) is 49.2 Å². The van der Waals surface area contributed by atoms with Crippen LogP contribution in [-0.4, -0.2) is 50.0 Å². The monoisotopic (exact) mass is 495 g/mol.